The molecule has 0 bridgehead atoms. The summed E-state index contributed by atoms with van der Waals surface area (Å²) in [7, 11) is -0.880. The van der Waals surface area contributed by atoms with Crippen LogP contribution in [0.3, 0.4) is 0 Å². The van der Waals surface area contributed by atoms with E-state index in [-0.39, 0.29) is 5.73 Å². The number of benzene rings is 1. The molecule has 1 saturated heterocycles. The quantitative estimate of drug-likeness (QED) is 0.663. The van der Waals surface area contributed by atoms with Crippen LogP contribution in [0.2, 0.25) is 0 Å². The minimum absolute atomic E-state index is 0.259. The van der Waals surface area contributed by atoms with Gasteiger partial charge in [0.1, 0.15) is 11.5 Å². The summed E-state index contributed by atoms with van der Waals surface area (Å²) < 4.78 is 32.9. The summed E-state index contributed by atoms with van der Waals surface area (Å²) in [5.74, 6) is 1.15. The number of halogens is 2. The topological polar surface area (TPSA) is 27.7 Å². The van der Waals surface area contributed by atoms with Crippen LogP contribution >= 0.6 is 15.9 Å². The van der Waals surface area contributed by atoms with Crippen molar-refractivity contribution in [1.29, 1.82) is 0 Å². The van der Waals surface area contributed by atoms with E-state index in [1.807, 2.05) is 52.0 Å². The van der Waals surface area contributed by atoms with Gasteiger partial charge in [0.05, 0.1) is 22.3 Å². The first-order valence-electron chi connectivity index (χ1n) is 8.30. The number of allylic oxidation sites excluding steroid dienone is 1. The van der Waals surface area contributed by atoms with Crippen molar-refractivity contribution in [1.82, 2.24) is 0 Å². The first kappa shape index (κ1) is 18.0. The average molecular weight is 397 g/mol. The zero-order valence-corrected chi connectivity index (χ0v) is 16.2. The summed E-state index contributed by atoms with van der Waals surface area (Å²) in [4.78, 5) is 0. The van der Waals surface area contributed by atoms with Crippen LogP contribution in [0.15, 0.2) is 40.0 Å². The first-order valence-corrected chi connectivity index (χ1v) is 9.09. The van der Waals surface area contributed by atoms with Crippen molar-refractivity contribution in [2.75, 3.05) is 6.61 Å². The lowest BCUT2D eigenvalue weighted by molar-refractivity contribution is 0.00578. The van der Waals surface area contributed by atoms with Gasteiger partial charge in [0.2, 0.25) is 0 Å². The fourth-order valence-corrected chi connectivity index (χ4v) is 3.23. The maximum absolute atomic E-state index is 14.6. The Morgan fingerprint density at radius 2 is 1.79 bits per heavy atom. The van der Waals surface area contributed by atoms with Crippen LogP contribution in [-0.4, -0.2) is 24.9 Å². The van der Waals surface area contributed by atoms with Crippen LogP contribution in [0.5, 0.6) is 5.75 Å². The number of hydrogen-bond donors (Lipinski definition) is 0. The summed E-state index contributed by atoms with van der Waals surface area (Å²) in [5, 5.41) is 0. The van der Waals surface area contributed by atoms with Crippen molar-refractivity contribution < 1.29 is 18.4 Å². The standard InChI is InChI=1S/C18H23BBrFO3/c1-17(2)18(3,4)24-19(23-17)16(21)13-9-12(10-13)11-22-15-8-6-5-7-14(15)20/h5-8,12H,9-11H2,1-4H3. The fourth-order valence-electron chi connectivity index (χ4n) is 2.83. The highest BCUT2D eigenvalue weighted by Gasteiger charge is 2.54. The van der Waals surface area contributed by atoms with Crippen LogP contribution in [0.25, 0.3) is 0 Å². The second-order valence-corrected chi connectivity index (χ2v) is 8.41. The number of rotatable bonds is 4. The summed E-state index contributed by atoms with van der Waals surface area (Å²) >= 11 is 3.46. The molecule has 3 rings (SSSR count). The Bertz CT molecular complexity index is 635. The third kappa shape index (κ3) is 3.42. The van der Waals surface area contributed by atoms with E-state index in [0.717, 1.165) is 15.8 Å². The monoisotopic (exact) mass is 396 g/mol. The van der Waals surface area contributed by atoms with E-state index in [1.165, 1.54) is 0 Å². The maximum atomic E-state index is 14.6. The minimum atomic E-state index is -0.880. The molecule has 24 heavy (non-hydrogen) atoms. The van der Waals surface area contributed by atoms with Crippen molar-refractivity contribution in [2.45, 2.75) is 51.7 Å². The molecule has 0 amide bonds. The Morgan fingerprint density at radius 1 is 1.21 bits per heavy atom. The molecule has 0 spiro atoms. The zero-order chi connectivity index (χ0) is 17.5. The molecule has 0 atom stereocenters. The van der Waals surface area contributed by atoms with Gasteiger partial charge in [-0.15, -0.1) is 0 Å². The zero-order valence-electron chi connectivity index (χ0n) is 14.6. The Balaban J connectivity index is 1.54. The predicted molar refractivity (Wildman–Crippen MR) is 96.6 cm³/mol. The fraction of sp³-hybridized carbons (Fsp3) is 0.556. The Kier molecular flexibility index (Phi) is 4.84. The Hall–Kier alpha value is -0.845. The SMILES string of the molecule is CC1(C)OB(C(F)=C2CC(COc3ccccc3Br)C2)OC1(C)C. The predicted octanol–water partition coefficient (Wildman–Crippen LogP) is 5.09. The molecule has 1 aromatic rings. The second-order valence-electron chi connectivity index (χ2n) is 7.56. The van der Waals surface area contributed by atoms with Gasteiger partial charge in [0, 0.05) is 5.92 Å². The van der Waals surface area contributed by atoms with Crippen LogP contribution in [0, 0.1) is 5.92 Å². The lowest BCUT2D eigenvalue weighted by atomic mass is 9.73. The number of ether oxygens (including phenoxy) is 1. The molecule has 2 fully saturated rings. The van der Waals surface area contributed by atoms with E-state index in [9.17, 15) is 4.39 Å². The van der Waals surface area contributed by atoms with Gasteiger partial charge in [0.15, 0.2) is 0 Å². The van der Waals surface area contributed by atoms with E-state index >= 15 is 0 Å². The van der Waals surface area contributed by atoms with Gasteiger partial charge in [-0.2, -0.15) is 0 Å². The second kappa shape index (κ2) is 6.47. The molecule has 3 nitrogen and oxygen atoms in total. The van der Waals surface area contributed by atoms with E-state index < -0.39 is 18.3 Å². The van der Waals surface area contributed by atoms with Crippen molar-refractivity contribution >= 4 is 23.0 Å². The highest BCUT2D eigenvalue weighted by molar-refractivity contribution is 9.10. The van der Waals surface area contributed by atoms with Gasteiger partial charge in [0.25, 0.3) is 0 Å². The van der Waals surface area contributed by atoms with Crippen molar-refractivity contribution in [2.24, 2.45) is 5.92 Å². The van der Waals surface area contributed by atoms with Crippen LogP contribution in [0.4, 0.5) is 4.39 Å². The van der Waals surface area contributed by atoms with Gasteiger partial charge < -0.3 is 14.0 Å². The lowest BCUT2D eigenvalue weighted by Crippen LogP contribution is -2.41. The van der Waals surface area contributed by atoms with Crippen LogP contribution < -0.4 is 4.74 Å². The molecule has 2 aliphatic rings. The molecule has 1 heterocycles. The molecule has 1 aliphatic heterocycles. The molecule has 1 aromatic carbocycles. The Morgan fingerprint density at radius 3 is 2.38 bits per heavy atom. The molecule has 0 N–H and O–H groups in total. The van der Waals surface area contributed by atoms with Gasteiger partial charge >= 0.3 is 7.12 Å². The van der Waals surface area contributed by atoms with Gasteiger partial charge in [-0.3, -0.25) is 0 Å². The molecular formula is C18H23BBrFO3. The van der Waals surface area contributed by atoms with Gasteiger partial charge in [-0.05, 0) is 74.2 Å². The minimum Gasteiger partial charge on any atom is -0.492 e. The molecule has 130 valence electrons. The smallest absolute Gasteiger partial charge is 0.492 e. The number of hydrogen-bond acceptors (Lipinski definition) is 3. The van der Waals surface area contributed by atoms with Crippen molar-refractivity contribution in [3.05, 3.63) is 40.0 Å². The lowest BCUT2D eigenvalue weighted by Gasteiger charge is -2.32. The molecule has 0 unspecified atom stereocenters. The molecule has 1 saturated carbocycles. The third-order valence-electron chi connectivity index (χ3n) is 5.18. The van der Waals surface area contributed by atoms with E-state index in [0.29, 0.717) is 25.4 Å². The highest BCUT2D eigenvalue weighted by Crippen LogP contribution is 2.43. The molecule has 0 radical (unpaired) electrons. The molecule has 6 heteroatoms. The van der Waals surface area contributed by atoms with Crippen LogP contribution in [-0.2, 0) is 9.31 Å². The van der Waals surface area contributed by atoms with E-state index in [2.05, 4.69) is 15.9 Å². The molecule has 0 aromatic heterocycles. The highest BCUT2D eigenvalue weighted by atomic mass is 79.9. The van der Waals surface area contributed by atoms with Gasteiger partial charge in [-0.25, -0.2) is 4.39 Å². The van der Waals surface area contributed by atoms with Crippen molar-refractivity contribution in [3.63, 3.8) is 0 Å². The summed E-state index contributed by atoms with van der Waals surface area (Å²) in [6.45, 7) is 8.31. The van der Waals surface area contributed by atoms with Crippen molar-refractivity contribution in [3.8, 4) is 5.75 Å². The normalized spacial score (nSPS) is 24.7. The molecule has 1 aliphatic carbocycles. The Labute approximate surface area is 151 Å². The number of para-hydroxylation sites is 1. The largest absolute Gasteiger partial charge is 0.525 e. The summed E-state index contributed by atoms with van der Waals surface area (Å²) in [6.07, 6.45) is 1.39. The third-order valence-corrected chi connectivity index (χ3v) is 5.83. The maximum Gasteiger partial charge on any atom is 0.525 e. The van der Waals surface area contributed by atoms with E-state index in [4.69, 9.17) is 14.0 Å². The average Bonchev–Trinajstić information content (AvgIpc) is 2.67. The molecular weight excluding hydrogens is 374 g/mol. The summed E-state index contributed by atoms with van der Waals surface area (Å²) in [6, 6.07) is 7.75. The van der Waals surface area contributed by atoms with Gasteiger partial charge in [-0.1, -0.05) is 12.1 Å². The summed E-state index contributed by atoms with van der Waals surface area (Å²) in [5.41, 5.74) is -0.497. The van der Waals surface area contributed by atoms with Crippen LogP contribution in [0.1, 0.15) is 40.5 Å². The van der Waals surface area contributed by atoms with E-state index in [1.54, 1.807) is 0 Å². The first-order chi connectivity index (χ1) is 11.2.